The van der Waals surface area contributed by atoms with Gasteiger partial charge in [-0.3, -0.25) is 0 Å². The zero-order valence-electron chi connectivity index (χ0n) is 10.4. The molecule has 2 N–H and O–H groups in total. The Morgan fingerprint density at radius 3 is 2.55 bits per heavy atom. The molecular weight excluding hydrogens is 369 g/mol. The lowest BCUT2D eigenvalue weighted by atomic mass is 10.2. The van der Waals surface area contributed by atoms with E-state index in [1.807, 2.05) is 34.7 Å². The number of ether oxygens (including phenoxy) is 1. The summed E-state index contributed by atoms with van der Waals surface area (Å²) in [4.78, 5) is 8.05. The van der Waals surface area contributed by atoms with Gasteiger partial charge in [-0.05, 0) is 47.7 Å². The maximum atomic E-state index is 8.87. The summed E-state index contributed by atoms with van der Waals surface area (Å²) >= 11 is 2.01. The Hall–Kier alpha value is -2.39. The third-order valence-electron chi connectivity index (χ3n) is 2.34. The first-order valence-corrected chi connectivity index (χ1v) is 6.54. The molecule has 1 heterocycles. The summed E-state index contributed by atoms with van der Waals surface area (Å²) < 4.78 is 6.22. The van der Waals surface area contributed by atoms with Crippen molar-refractivity contribution in [2.75, 3.05) is 5.73 Å². The lowest BCUT2D eigenvalue weighted by Crippen LogP contribution is -2.00. The van der Waals surface area contributed by atoms with E-state index in [-0.39, 0.29) is 11.7 Å². The number of benzene rings is 1. The topological polar surface area (TPSA) is 109 Å². The standard InChI is InChI=1S/C13H8IN5O/c1-7-2-9(6-16)19-13(18-7)20-12-10(14)3-8(5-15)4-11(12)17/h2-4H,17H2,1H3. The van der Waals surface area contributed by atoms with Crippen LogP contribution in [0.1, 0.15) is 17.0 Å². The van der Waals surface area contributed by atoms with E-state index >= 15 is 0 Å². The molecule has 0 fully saturated rings. The number of aryl methyl sites for hydroxylation is 1. The van der Waals surface area contributed by atoms with Gasteiger partial charge in [0.25, 0.3) is 0 Å². The van der Waals surface area contributed by atoms with Crippen LogP contribution in [-0.2, 0) is 0 Å². The van der Waals surface area contributed by atoms with E-state index in [1.54, 1.807) is 19.1 Å². The van der Waals surface area contributed by atoms with E-state index in [1.165, 1.54) is 6.07 Å². The number of nitrogen functional groups attached to an aromatic ring is 1. The fourth-order valence-electron chi connectivity index (χ4n) is 1.52. The summed E-state index contributed by atoms with van der Waals surface area (Å²) in [5.74, 6) is 0.374. The molecule has 2 aromatic rings. The molecule has 0 aliphatic heterocycles. The van der Waals surface area contributed by atoms with Gasteiger partial charge in [0.2, 0.25) is 0 Å². The van der Waals surface area contributed by atoms with Gasteiger partial charge in [0.05, 0.1) is 20.9 Å². The third-order valence-corrected chi connectivity index (χ3v) is 3.14. The summed E-state index contributed by atoms with van der Waals surface area (Å²) in [5.41, 5.74) is 7.45. The first-order valence-electron chi connectivity index (χ1n) is 5.46. The van der Waals surface area contributed by atoms with Crippen LogP contribution in [0, 0.1) is 33.2 Å². The molecule has 0 spiro atoms. The Bertz CT molecular complexity index is 737. The largest absolute Gasteiger partial charge is 0.421 e. The minimum absolute atomic E-state index is 0.0517. The molecule has 0 atom stereocenters. The van der Waals surface area contributed by atoms with Crippen molar-refractivity contribution in [3.63, 3.8) is 0 Å². The second-order valence-electron chi connectivity index (χ2n) is 3.88. The van der Waals surface area contributed by atoms with Crippen molar-refractivity contribution in [2.24, 2.45) is 0 Å². The second kappa shape index (κ2) is 5.72. The van der Waals surface area contributed by atoms with Crippen LogP contribution in [0.5, 0.6) is 11.8 Å². The minimum atomic E-state index is 0.0517. The molecule has 1 aromatic carbocycles. The summed E-state index contributed by atoms with van der Waals surface area (Å²) in [6, 6.07) is 8.71. The highest BCUT2D eigenvalue weighted by Gasteiger charge is 2.12. The molecule has 0 bridgehead atoms. The highest BCUT2D eigenvalue weighted by atomic mass is 127. The number of anilines is 1. The molecule has 0 aliphatic rings. The van der Waals surface area contributed by atoms with Gasteiger partial charge >= 0.3 is 6.01 Å². The molecule has 6 nitrogen and oxygen atoms in total. The van der Waals surface area contributed by atoms with E-state index in [0.29, 0.717) is 26.3 Å². The molecule has 98 valence electrons. The van der Waals surface area contributed by atoms with Crippen LogP contribution >= 0.6 is 22.6 Å². The number of rotatable bonds is 2. The zero-order valence-corrected chi connectivity index (χ0v) is 12.5. The predicted molar refractivity (Wildman–Crippen MR) is 79.8 cm³/mol. The molecule has 0 radical (unpaired) electrons. The highest BCUT2D eigenvalue weighted by Crippen LogP contribution is 2.32. The van der Waals surface area contributed by atoms with Gasteiger partial charge in [-0.2, -0.15) is 15.5 Å². The molecular formula is C13H8IN5O. The highest BCUT2D eigenvalue weighted by molar-refractivity contribution is 14.1. The number of nitrogens with zero attached hydrogens (tertiary/aromatic N) is 4. The van der Waals surface area contributed by atoms with Crippen molar-refractivity contribution in [2.45, 2.75) is 6.92 Å². The maximum Gasteiger partial charge on any atom is 0.323 e. The number of halogens is 1. The fraction of sp³-hybridized carbons (Fsp3) is 0.0769. The Kier molecular flexibility index (Phi) is 4.01. The number of nitriles is 2. The summed E-state index contributed by atoms with van der Waals surface area (Å²) in [5, 5.41) is 17.7. The molecule has 0 aliphatic carbocycles. The number of hydrogen-bond donors (Lipinski definition) is 1. The van der Waals surface area contributed by atoms with Crippen LogP contribution in [-0.4, -0.2) is 9.97 Å². The van der Waals surface area contributed by atoms with Gasteiger partial charge in [0.15, 0.2) is 5.75 Å². The van der Waals surface area contributed by atoms with Crippen molar-refractivity contribution in [3.05, 3.63) is 38.7 Å². The summed E-state index contributed by atoms with van der Waals surface area (Å²) in [7, 11) is 0. The third kappa shape index (κ3) is 2.95. The molecule has 0 saturated heterocycles. The molecule has 7 heteroatoms. The van der Waals surface area contributed by atoms with Gasteiger partial charge in [0.1, 0.15) is 11.8 Å². The average molecular weight is 377 g/mol. The van der Waals surface area contributed by atoms with Crippen molar-refractivity contribution < 1.29 is 4.74 Å². The molecule has 20 heavy (non-hydrogen) atoms. The molecule has 0 amide bonds. The Labute approximate surface area is 129 Å². The van der Waals surface area contributed by atoms with E-state index in [0.717, 1.165) is 0 Å². The van der Waals surface area contributed by atoms with Crippen molar-refractivity contribution in [3.8, 4) is 23.9 Å². The van der Waals surface area contributed by atoms with E-state index in [2.05, 4.69) is 9.97 Å². The van der Waals surface area contributed by atoms with E-state index < -0.39 is 0 Å². The molecule has 1 aromatic heterocycles. The van der Waals surface area contributed by atoms with Crippen LogP contribution in [0.2, 0.25) is 0 Å². The zero-order chi connectivity index (χ0) is 14.7. The predicted octanol–water partition coefficient (Wildman–Crippen LogP) is 2.51. The number of nitrogens with two attached hydrogens (primary N) is 1. The van der Waals surface area contributed by atoms with E-state index in [9.17, 15) is 0 Å². The lowest BCUT2D eigenvalue weighted by Gasteiger charge is -2.10. The molecule has 0 saturated carbocycles. The van der Waals surface area contributed by atoms with Gasteiger partial charge in [-0.1, -0.05) is 0 Å². The van der Waals surface area contributed by atoms with Crippen LogP contribution in [0.4, 0.5) is 5.69 Å². The van der Waals surface area contributed by atoms with Crippen LogP contribution < -0.4 is 10.5 Å². The van der Waals surface area contributed by atoms with Crippen molar-refractivity contribution in [1.29, 1.82) is 10.5 Å². The summed E-state index contributed by atoms with van der Waals surface area (Å²) in [6.45, 7) is 1.74. The average Bonchev–Trinajstić information content (AvgIpc) is 2.41. The first kappa shape index (κ1) is 14.0. The van der Waals surface area contributed by atoms with Crippen LogP contribution in [0.25, 0.3) is 0 Å². The smallest absolute Gasteiger partial charge is 0.323 e. The van der Waals surface area contributed by atoms with Crippen LogP contribution in [0.15, 0.2) is 18.2 Å². The summed E-state index contributed by atoms with van der Waals surface area (Å²) in [6.07, 6.45) is 0. The maximum absolute atomic E-state index is 8.87. The molecule has 2 rings (SSSR count). The Morgan fingerprint density at radius 2 is 1.95 bits per heavy atom. The van der Waals surface area contributed by atoms with Crippen molar-refractivity contribution in [1.82, 2.24) is 9.97 Å². The number of hydrogen-bond acceptors (Lipinski definition) is 6. The van der Waals surface area contributed by atoms with Crippen molar-refractivity contribution >= 4 is 28.3 Å². The van der Waals surface area contributed by atoms with Gasteiger partial charge in [-0.15, -0.1) is 0 Å². The monoisotopic (exact) mass is 377 g/mol. The van der Waals surface area contributed by atoms with Gasteiger partial charge in [-0.25, -0.2) is 4.98 Å². The molecule has 0 unspecified atom stereocenters. The second-order valence-corrected chi connectivity index (χ2v) is 5.04. The quantitative estimate of drug-likeness (QED) is 0.636. The first-order chi connectivity index (χ1) is 9.53. The van der Waals surface area contributed by atoms with Gasteiger partial charge < -0.3 is 10.5 Å². The van der Waals surface area contributed by atoms with E-state index in [4.69, 9.17) is 21.0 Å². The Morgan fingerprint density at radius 1 is 1.20 bits per heavy atom. The Balaban J connectivity index is 2.43. The minimum Gasteiger partial charge on any atom is -0.421 e. The fourth-order valence-corrected chi connectivity index (χ4v) is 2.28. The lowest BCUT2D eigenvalue weighted by molar-refractivity contribution is 0.439. The number of aromatic nitrogens is 2. The van der Waals surface area contributed by atoms with Crippen LogP contribution in [0.3, 0.4) is 0 Å². The van der Waals surface area contributed by atoms with Gasteiger partial charge in [0, 0.05) is 5.69 Å². The normalized spacial score (nSPS) is 9.60. The SMILES string of the molecule is Cc1cc(C#N)nc(Oc2c(N)cc(C#N)cc2I)n1.